The molecule has 8 nitrogen and oxygen atoms in total. The van der Waals surface area contributed by atoms with E-state index >= 15 is 0 Å². The largest absolute Gasteiger partial charge is 0.497 e. The number of carbonyl (C=O) groups is 2. The van der Waals surface area contributed by atoms with E-state index in [0.717, 1.165) is 16.8 Å². The van der Waals surface area contributed by atoms with Crippen LogP contribution in [0.3, 0.4) is 0 Å². The van der Waals surface area contributed by atoms with Gasteiger partial charge < -0.3 is 19.5 Å². The number of hydrogen-bond donors (Lipinski definition) is 1. The zero-order valence-electron chi connectivity index (χ0n) is 18.5. The highest BCUT2D eigenvalue weighted by atomic mass is 16.5. The lowest BCUT2D eigenvalue weighted by Crippen LogP contribution is -2.28. The van der Waals surface area contributed by atoms with Gasteiger partial charge in [0.05, 0.1) is 13.0 Å². The predicted octanol–water partition coefficient (Wildman–Crippen LogP) is 4.40. The Labute approximate surface area is 196 Å². The van der Waals surface area contributed by atoms with Crippen molar-refractivity contribution in [2.24, 2.45) is 5.92 Å². The Morgan fingerprint density at radius 3 is 2.44 bits per heavy atom. The van der Waals surface area contributed by atoms with Crippen molar-refractivity contribution in [3.8, 4) is 28.6 Å². The van der Waals surface area contributed by atoms with Gasteiger partial charge in [0.1, 0.15) is 5.75 Å². The summed E-state index contributed by atoms with van der Waals surface area (Å²) >= 11 is 0. The number of carbonyl (C=O) groups excluding carboxylic acids is 2. The molecule has 2 amide bonds. The number of nitrogens with one attached hydrogen (secondary N) is 1. The molecule has 2 heterocycles. The number of rotatable bonds is 6. The summed E-state index contributed by atoms with van der Waals surface area (Å²) in [4.78, 5) is 31.4. The Morgan fingerprint density at radius 2 is 1.74 bits per heavy atom. The summed E-state index contributed by atoms with van der Waals surface area (Å²) in [5.41, 5.74) is 3.00. The van der Waals surface area contributed by atoms with Crippen molar-refractivity contribution in [2.75, 3.05) is 23.9 Å². The van der Waals surface area contributed by atoms with Crippen molar-refractivity contribution in [1.29, 1.82) is 0 Å². The molecule has 8 heteroatoms. The molecule has 1 aromatic heterocycles. The molecule has 0 bridgehead atoms. The van der Waals surface area contributed by atoms with Gasteiger partial charge in [0.2, 0.25) is 17.6 Å². The molecule has 0 aliphatic carbocycles. The van der Waals surface area contributed by atoms with Crippen LogP contribution < -0.4 is 15.0 Å². The second-order valence-corrected chi connectivity index (χ2v) is 7.96. The lowest BCUT2D eigenvalue weighted by molar-refractivity contribution is -0.122. The van der Waals surface area contributed by atoms with Crippen LogP contribution in [-0.2, 0) is 9.59 Å². The van der Waals surface area contributed by atoms with E-state index in [4.69, 9.17) is 9.26 Å². The number of hydrogen-bond acceptors (Lipinski definition) is 6. The number of ether oxygens (including phenoxy) is 1. The molecule has 0 saturated carbocycles. The highest BCUT2D eigenvalue weighted by molar-refractivity contribution is 6.03. The Kier molecular flexibility index (Phi) is 5.78. The maximum atomic E-state index is 12.8. The summed E-state index contributed by atoms with van der Waals surface area (Å²) in [7, 11) is 1.59. The molecule has 1 fully saturated rings. The van der Waals surface area contributed by atoms with Gasteiger partial charge in [-0.1, -0.05) is 35.5 Å². The monoisotopic (exact) mass is 454 g/mol. The van der Waals surface area contributed by atoms with Crippen LogP contribution in [0.4, 0.5) is 11.4 Å². The number of anilines is 2. The minimum Gasteiger partial charge on any atom is -0.497 e. The van der Waals surface area contributed by atoms with Crippen molar-refractivity contribution < 1.29 is 18.8 Å². The number of methoxy groups -OCH3 is 1. The van der Waals surface area contributed by atoms with Crippen LogP contribution in [0.15, 0.2) is 83.4 Å². The van der Waals surface area contributed by atoms with E-state index in [2.05, 4.69) is 15.5 Å². The summed E-state index contributed by atoms with van der Waals surface area (Å²) in [6, 6.07) is 24.0. The van der Waals surface area contributed by atoms with Gasteiger partial charge in [0, 0.05) is 35.5 Å². The molecule has 1 N–H and O–H groups in total. The van der Waals surface area contributed by atoms with E-state index in [1.54, 1.807) is 48.4 Å². The number of aromatic nitrogens is 2. The van der Waals surface area contributed by atoms with Gasteiger partial charge in [0.15, 0.2) is 0 Å². The molecule has 1 aliphatic rings. The average molecular weight is 454 g/mol. The second-order valence-electron chi connectivity index (χ2n) is 7.96. The van der Waals surface area contributed by atoms with Gasteiger partial charge in [-0.05, 0) is 48.5 Å². The molecule has 1 aliphatic heterocycles. The molecule has 4 aromatic rings. The molecular weight excluding hydrogens is 432 g/mol. The first-order valence-corrected chi connectivity index (χ1v) is 10.9. The highest BCUT2D eigenvalue weighted by Crippen LogP contribution is 2.28. The normalized spacial score (nSPS) is 15.4. The molecule has 0 unspecified atom stereocenters. The Balaban J connectivity index is 1.22. The Hall–Kier alpha value is -4.46. The van der Waals surface area contributed by atoms with E-state index in [0.29, 0.717) is 29.7 Å². The van der Waals surface area contributed by atoms with Crippen LogP contribution in [0, 0.1) is 5.92 Å². The Morgan fingerprint density at radius 1 is 1.00 bits per heavy atom. The second kappa shape index (κ2) is 9.19. The van der Waals surface area contributed by atoms with Crippen molar-refractivity contribution in [3.05, 3.63) is 78.9 Å². The van der Waals surface area contributed by atoms with Gasteiger partial charge in [-0.15, -0.1) is 0 Å². The summed E-state index contributed by atoms with van der Waals surface area (Å²) in [6.07, 6.45) is 0.167. The van der Waals surface area contributed by atoms with Crippen LogP contribution in [0.25, 0.3) is 22.8 Å². The minimum atomic E-state index is -0.432. The first-order valence-electron chi connectivity index (χ1n) is 10.9. The van der Waals surface area contributed by atoms with Crippen LogP contribution in [-0.4, -0.2) is 35.6 Å². The highest BCUT2D eigenvalue weighted by Gasteiger charge is 2.35. The molecule has 34 heavy (non-hydrogen) atoms. The quantitative estimate of drug-likeness (QED) is 0.464. The topological polar surface area (TPSA) is 97.6 Å². The fourth-order valence-corrected chi connectivity index (χ4v) is 3.88. The van der Waals surface area contributed by atoms with Gasteiger partial charge in [0.25, 0.3) is 5.89 Å². The molecule has 3 aromatic carbocycles. The summed E-state index contributed by atoms with van der Waals surface area (Å²) in [6.45, 7) is 0.333. The maximum Gasteiger partial charge on any atom is 0.258 e. The standard InChI is InChI=1S/C26H22N4O4/c1-33-22-13-11-21(12-14-22)30-16-19(15-23(30)31)25(32)27-20-9-7-18(8-10-20)26-28-24(29-34-26)17-5-3-2-4-6-17/h2-14,19H,15-16H2,1H3,(H,27,32)/t19-/m1/s1. The summed E-state index contributed by atoms with van der Waals surface area (Å²) in [5.74, 6) is 0.921. The van der Waals surface area contributed by atoms with Crippen molar-refractivity contribution in [1.82, 2.24) is 10.1 Å². The first kappa shape index (κ1) is 21.4. The average Bonchev–Trinajstić information content (AvgIpc) is 3.53. The van der Waals surface area contributed by atoms with Gasteiger partial charge in [-0.25, -0.2) is 0 Å². The minimum absolute atomic E-state index is 0.0775. The smallest absolute Gasteiger partial charge is 0.258 e. The van der Waals surface area contributed by atoms with Crippen molar-refractivity contribution in [2.45, 2.75) is 6.42 Å². The van der Waals surface area contributed by atoms with Crippen LogP contribution in [0.1, 0.15) is 6.42 Å². The first-order chi connectivity index (χ1) is 16.6. The third-order valence-electron chi connectivity index (χ3n) is 5.74. The number of nitrogens with zero attached hydrogens (tertiary/aromatic N) is 3. The zero-order chi connectivity index (χ0) is 23.5. The third-order valence-corrected chi connectivity index (χ3v) is 5.74. The molecule has 0 radical (unpaired) electrons. The molecule has 170 valence electrons. The van der Waals surface area contributed by atoms with E-state index in [-0.39, 0.29) is 18.2 Å². The molecule has 1 atom stereocenters. The summed E-state index contributed by atoms with van der Waals surface area (Å²) < 4.78 is 10.5. The van der Waals surface area contributed by atoms with E-state index in [1.165, 1.54) is 0 Å². The van der Waals surface area contributed by atoms with Gasteiger partial charge in [-0.2, -0.15) is 4.98 Å². The Bertz CT molecular complexity index is 1300. The van der Waals surface area contributed by atoms with Crippen LogP contribution in [0.2, 0.25) is 0 Å². The summed E-state index contributed by atoms with van der Waals surface area (Å²) in [5, 5.41) is 6.94. The fraction of sp³-hybridized carbons (Fsp3) is 0.154. The lowest BCUT2D eigenvalue weighted by Gasteiger charge is -2.17. The van der Waals surface area contributed by atoms with Crippen molar-refractivity contribution >= 4 is 23.2 Å². The SMILES string of the molecule is COc1ccc(N2C[C@H](C(=O)Nc3ccc(-c4nc(-c5ccccc5)no4)cc3)CC2=O)cc1. The molecule has 0 spiro atoms. The predicted molar refractivity (Wildman–Crippen MR) is 127 cm³/mol. The van der Waals surface area contributed by atoms with E-state index in [9.17, 15) is 9.59 Å². The third kappa shape index (κ3) is 4.38. The number of benzene rings is 3. The van der Waals surface area contributed by atoms with E-state index in [1.807, 2.05) is 42.5 Å². The molecular formula is C26H22N4O4. The van der Waals surface area contributed by atoms with Crippen molar-refractivity contribution in [3.63, 3.8) is 0 Å². The molecule has 1 saturated heterocycles. The van der Waals surface area contributed by atoms with Gasteiger partial charge >= 0.3 is 0 Å². The van der Waals surface area contributed by atoms with E-state index < -0.39 is 5.92 Å². The van der Waals surface area contributed by atoms with Gasteiger partial charge in [-0.3, -0.25) is 9.59 Å². The van der Waals surface area contributed by atoms with Crippen LogP contribution in [0.5, 0.6) is 5.75 Å². The zero-order valence-corrected chi connectivity index (χ0v) is 18.5. The molecule has 5 rings (SSSR count). The van der Waals surface area contributed by atoms with Crippen LogP contribution >= 0.6 is 0 Å². The fourth-order valence-electron chi connectivity index (χ4n) is 3.88. The number of amides is 2. The maximum absolute atomic E-state index is 12.8. The lowest BCUT2D eigenvalue weighted by atomic mass is 10.1.